The number of nitrogens with zero attached hydrogens (tertiary/aromatic N) is 3. The smallest absolute Gasteiger partial charge is 0.265 e. The molecule has 0 spiro atoms. The average Bonchev–Trinajstić information content (AvgIpc) is 3.12. The lowest BCUT2D eigenvalue weighted by Crippen LogP contribution is -2.30. The van der Waals surface area contributed by atoms with Crippen LogP contribution in [0.2, 0.25) is 5.02 Å². The Morgan fingerprint density at radius 1 is 1.32 bits per heavy atom. The van der Waals surface area contributed by atoms with Crippen molar-refractivity contribution in [1.29, 1.82) is 0 Å². The van der Waals surface area contributed by atoms with Gasteiger partial charge < -0.3 is 10.1 Å². The van der Waals surface area contributed by atoms with E-state index in [1.54, 1.807) is 60.5 Å². The molecular weight excluding hydrogens is 340 g/mol. The molecule has 0 aliphatic carbocycles. The lowest BCUT2D eigenvalue weighted by atomic mass is 10.2. The van der Waals surface area contributed by atoms with Crippen LogP contribution in [0.25, 0.3) is 5.82 Å². The van der Waals surface area contributed by atoms with Gasteiger partial charge in [-0.2, -0.15) is 5.10 Å². The number of amides is 1. The van der Waals surface area contributed by atoms with Gasteiger partial charge in [-0.1, -0.05) is 11.6 Å². The van der Waals surface area contributed by atoms with E-state index in [1.165, 1.54) is 0 Å². The van der Waals surface area contributed by atoms with Crippen molar-refractivity contribution in [3.8, 4) is 11.6 Å². The van der Waals surface area contributed by atoms with Crippen molar-refractivity contribution >= 4 is 23.2 Å². The van der Waals surface area contributed by atoms with Crippen LogP contribution in [0.15, 0.2) is 55.0 Å². The van der Waals surface area contributed by atoms with E-state index in [0.717, 1.165) is 5.56 Å². The fraction of sp³-hybridized carbons (Fsp3) is 0.167. The summed E-state index contributed by atoms with van der Waals surface area (Å²) in [4.78, 5) is 16.6. The molecule has 0 unspecified atom stereocenters. The maximum Gasteiger partial charge on any atom is 0.265 e. The quantitative estimate of drug-likeness (QED) is 0.757. The van der Waals surface area contributed by atoms with Crippen LogP contribution in [-0.2, 0) is 4.79 Å². The van der Waals surface area contributed by atoms with Crippen molar-refractivity contribution in [2.45, 2.75) is 20.0 Å². The molecule has 0 bridgehead atoms. The van der Waals surface area contributed by atoms with Crippen LogP contribution in [0, 0.1) is 6.92 Å². The lowest BCUT2D eigenvalue weighted by Gasteiger charge is -2.16. The Labute approximate surface area is 150 Å². The lowest BCUT2D eigenvalue weighted by molar-refractivity contribution is -0.122. The molecule has 3 aromatic rings. The number of carbonyl (C=O) groups excluding carboxylic acids is 1. The Morgan fingerprint density at radius 2 is 2.16 bits per heavy atom. The number of aromatic nitrogens is 3. The van der Waals surface area contributed by atoms with E-state index in [0.29, 0.717) is 22.3 Å². The van der Waals surface area contributed by atoms with E-state index in [2.05, 4.69) is 15.4 Å². The molecule has 0 radical (unpaired) electrons. The summed E-state index contributed by atoms with van der Waals surface area (Å²) in [5.74, 6) is 1.03. The van der Waals surface area contributed by atoms with Gasteiger partial charge in [-0.15, -0.1) is 0 Å². The zero-order valence-corrected chi connectivity index (χ0v) is 14.6. The fourth-order valence-electron chi connectivity index (χ4n) is 2.23. The van der Waals surface area contributed by atoms with Gasteiger partial charge in [-0.05, 0) is 55.8 Å². The van der Waals surface area contributed by atoms with E-state index in [9.17, 15) is 4.79 Å². The van der Waals surface area contributed by atoms with Gasteiger partial charge in [0.1, 0.15) is 5.75 Å². The molecule has 2 heterocycles. The third kappa shape index (κ3) is 4.16. The zero-order valence-electron chi connectivity index (χ0n) is 13.8. The maximum atomic E-state index is 12.3. The molecule has 1 atom stereocenters. The Hall–Kier alpha value is -2.86. The van der Waals surface area contributed by atoms with Crippen molar-refractivity contribution in [2.24, 2.45) is 0 Å². The second-order valence-corrected chi connectivity index (χ2v) is 5.95. The van der Waals surface area contributed by atoms with Gasteiger partial charge in [0, 0.05) is 17.4 Å². The van der Waals surface area contributed by atoms with Gasteiger partial charge >= 0.3 is 0 Å². The molecule has 0 saturated heterocycles. The first-order valence-electron chi connectivity index (χ1n) is 7.72. The minimum absolute atomic E-state index is 0.261. The zero-order chi connectivity index (χ0) is 17.8. The van der Waals surface area contributed by atoms with E-state index >= 15 is 0 Å². The number of aryl methyl sites for hydroxylation is 1. The molecule has 1 amide bonds. The molecule has 0 fully saturated rings. The normalized spacial score (nSPS) is 11.8. The molecule has 128 valence electrons. The molecule has 0 aliphatic rings. The number of halogens is 1. The molecule has 0 aliphatic heterocycles. The number of nitrogens with one attached hydrogen (secondary N) is 1. The van der Waals surface area contributed by atoms with Crippen LogP contribution in [0.1, 0.15) is 12.5 Å². The predicted octanol–water partition coefficient (Wildman–Crippen LogP) is 3.64. The third-order valence-electron chi connectivity index (χ3n) is 3.56. The van der Waals surface area contributed by atoms with Crippen molar-refractivity contribution < 1.29 is 9.53 Å². The average molecular weight is 357 g/mol. The molecule has 6 nitrogen and oxygen atoms in total. The number of hydrogen-bond acceptors (Lipinski definition) is 4. The Bertz CT molecular complexity index is 863. The molecule has 2 aromatic heterocycles. The summed E-state index contributed by atoms with van der Waals surface area (Å²) in [5, 5.41) is 7.52. The van der Waals surface area contributed by atoms with Gasteiger partial charge in [0.15, 0.2) is 11.9 Å². The third-order valence-corrected chi connectivity index (χ3v) is 3.80. The fourth-order valence-corrected chi connectivity index (χ4v) is 2.46. The van der Waals surface area contributed by atoms with Crippen LogP contribution in [-0.4, -0.2) is 26.8 Å². The summed E-state index contributed by atoms with van der Waals surface area (Å²) in [6, 6.07) is 10.6. The highest BCUT2D eigenvalue weighted by atomic mass is 35.5. The van der Waals surface area contributed by atoms with Gasteiger partial charge in [0.05, 0.1) is 11.9 Å². The first-order chi connectivity index (χ1) is 12.0. The highest BCUT2D eigenvalue weighted by Crippen LogP contribution is 2.23. The van der Waals surface area contributed by atoms with E-state index in [-0.39, 0.29) is 5.91 Å². The van der Waals surface area contributed by atoms with E-state index in [4.69, 9.17) is 16.3 Å². The standard InChI is InChI=1S/C18H17ClN4O2/c1-12-10-14(19)4-6-16(12)25-13(2)18(24)22-15-5-7-17(20-11-15)23-9-3-8-21-23/h3-11,13H,1-2H3,(H,22,24)/t13-/m1/s1. The molecule has 25 heavy (non-hydrogen) atoms. The maximum absolute atomic E-state index is 12.3. The molecule has 1 N–H and O–H groups in total. The summed E-state index contributed by atoms with van der Waals surface area (Å²) >= 11 is 5.93. The number of benzene rings is 1. The topological polar surface area (TPSA) is 69.0 Å². The summed E-state index contributed by atoms with van der Waals surface area (Å²) < 4.78 is 7.35. The molecule has 3 rings (SSSR count). The molecular formula is C18H17ClN4O2. The van der Waals surface area contributed by atoms with Gasteiger partial charge in [-0.25, -0.2) is 9.67 Å². The highest BCUT2D eigenvalue weighted by Gasteiger charge is 2.16. The second kappa shape index (κ2) is 7.36. The number of anilines is 1. The van der Waals surface area contributed by atoms with E-state index in [1.807, 2.05) is 13.0 Å². The molecule has 0 saturated carbocycles. The van der Waals surface area contributed by atoms with Crippen LogP contribution >= 0.6 is 11.6 Å². The van der Waals surface area contributed by atoms with Crippen molar-refractivity contribution in [3.63, 3.8) is 0 Å². The summed E-state index contributed by atoms with van der Waals surface area (Å²) in [5.41, 5.74) is 1.46. The summed E-state index contributed by atoms with van der Waals surface area (Å²) in [6.45, 7) is 3.57. The monoisotopic (exact) mass is 356 g/mol. The largest absolute Gasteiger partial charge is 0.481 e. The van der Waals surface area contributed by atoms with Crippen molar-refractivity contribution in [2.75, 3.05) is 5.32 Å². The Morgan fingerprint density at radius 3 is 2.80 bits per heavy atom. The van der Waals surface area contributed by atoms with Crippen LogP contribution in [0.3, 0.4) is 0 Å². The first-order valence-corrected chi connectivity index (χ1v) is 8.10. The summed E-state index contributed by atoms with van der Waals surface area (Å²) in [7, 11) is 0. The second-order valence-electron chi connectivity index (χ2n) is 5.51. The van der Waals surface area contributed by atoms with E-state index < -0.39 is 6.10 Å². The predicted molar refractivity (Wildman–Crippen MR) is 96.3 cm³/mol. The highest BCUT2D eigenvalue weighted by molar-refractivity contribution is 6.30. The SMILES string of the molecule is Cc1cc(Cl)ccc1O[C@H](C)C(=O)Nc1ccc(-n2cccn2)nc1. The minimum Gasteiger partial charge on any atom is -0.481 e. The van der Waals surface area contributed by atoms with Gasteiger partial charge in [-0.3, -0.25) is 4.79 Å². The number of rotatable bonds is 5. The number of pyridine rings is 1. The van der Waals surface area contributed by atoms with Crippen LogP contribution < -0.4 is 10.1 Å². The molecule has 1 aromatic carbocycles. The number of hydrogen-bond donors (Lipinski definition) is 1. The summed E-state index contributed by atoms with van der Waals surface area (Å²) in [6.07, 6.45) is 4.39. The molecule has 7 heteroatoms. The van der Waals surface area contributed by atoms with Crippen molar-refractivity contribution in [1.82, 2.24) is 14.8 Å². The van der Waals surface area contributed by atoms with Crippen molar-refractivity contribution in [3.05, 3.63) is 65.6 Å². The minimum atomic E-state index is -0.661. The first kappa shape index (κ1) is 17.0. The van der Waals surface area contributed by atoms with Crippen LogP contribution in [0.5, 0.6) is 5.75 Å². The Kier molecular flexibility index (Phi) is 5.00. The number of carbonyl (C=O) groups is 1. The number of ether oxygens (including phenoxy) is 1. The Balaban J connectivity index is 1.63. The van der Waals surface area contributed by atoms with Gasteiger partial charge in [0.25, 0.3) is 5.91 Å². The van der Waals surface area contributed by atoms with Gasteiger partial charge in [0.2, 0.25) is 0 Å². The van der Waals surface area contributed by atoms with Crippen LogP contribution in [0.4, 0.5) is 5.69 Å².